The number of hydrogen-bond donors (Lipinski definition) is 1. The number of aliphatic hydroxyl groups is 1. The van der Waals surface area contributed by atoms with Crippen LogP contribution in [0.15, 0.2) is 18.2 Å². The van der Waals surface area contributed by atoms with E-state index in [4.69, 9.17) is 5.11 Å². The molecule has 0 atom stereocenters. The van der Waals surface area contributed by atoms with E-state index in [9.17, 15) is 0 Å². The SMILES string of the molecule is Cc1cc(C)cc(CSCCO)c1. The molecule has 0 unspecified atom stereocenters. The average Bonchev–Trinajstić information content (AvgIpc) is 2.03. The van der Waals surface area contributed by atoms with Crippen molar-refractivity contribution < 1.29 is 5.11 Å². The molecule has 13 heavy (non-hydrogen) atoms. The summed E-state index contributed by atoms with van der Waals surface area (Å²) in [7, 11) is 0. The average molecular weight is 196 g/mol. The second-order valence-corrected chi connectivity index (χ2v) is 4.38. The third-order valence-electron chi connectivity index (χ3n) is 1.79. The van der Waals surface area contributed by atoms with Crippen LogP contribution in [0.25, 0.3) is 0 Å². The Labute approximate surface area is 84.2 Å². The van der Waals surface area contributed by atoms with Crippen LogP contribution in [0.1, 0.15) is 16.7 Å². The highest BCUT2D eigenvalue weighted by atomic mass is 32.2. The monoisotopic (exact) mass is 196 g/mol. The zero-order valence-electron chi connectivity index (χ0n) is 8.21. The smallest absolute Gasteiger partial charge is 0.0521 e. The number of aryl methyl sites for hydroxylation is 2. The Morgan fingerprint density at radius 3 is 2.31 bits per heavy atom. The van der Waals surface area contributed by atoms with Crippen molar-refractivity contribution in [1.82, 2.24) is 0 Å². The lowest BCUT2D eigenvalue weighted by molar-refractivity contribution is 0.322. The van der Waals surface area contributed by atoms with E-state index in [0.29, 0.717) is 0 Å². The lowest BCUT2D eigenvalue weighted by Gasteiger charge is -2.03. The second kappa shape index (κ2) is 5.30. The van der Waals surface area contributed by atoms with Crippen LogP contribution in [0.5, 0.6) is 0 Å². The van der Waals surface area contributed by atoms with Gasteiger partial charge in [-0.25, -0.2) is 0 Å². The molecule has 0 aliphatic rings. The molecule has 1 N–H and O–H groups in total. The van der Waals surface area contributed by atoms with Gasteiger partial charge < -0.3 is 5.11 Å². The van der Waals surface area contributed by atoms with Crippen LogP contribution in [0.4, 0.5) is 0 Å². The number of aliphatic hydroxyl groups excluding tert-OH is 1. The molecule has 0 heterocycles. The summed E-state index contributed by atoms with van der Waals surface area (Å²) in [5.41, 5.74) is 4.00. The summed E-state index contributed by atoms with van der Waals surface area (Å²) < 4.78 is 0. The maximum Gasteiger partial charge on any atom is 0.0521 e. The molecule has 0 radical (unpaired) electrons. The molecule has 72 valence electrons. The van der Waals surface area contributed by atoms with E-state index >= 15 is 0 Å². The van der Waals surface area contributed by atoms with Gasteiger partial charge in [-0.1, -0.05) is 29.3 Å². The van der Waals surface area contributed by atoms with Gasteiger partial charge in [0.15, 0.2) is 0 Å². The van der Waals surface area contributed by atoms with Gasteiger partial charge in [0.05, 0.1) is 6.61 Å². The Bertz CT molecular complexity index is 251. The lowest BCUT2D eigenvalue weighted by Crippen LogP contribution is -1.89. The van der Waals surface area contributed by atoms with Crippen LogP contribution >= 0.6 is 11.8 Å². The molecule has 1 aromatic rings. The van der Waals surface area contributed by atoms with Gasteiger partial charge in [-0.3, -0.25) is 0 Å². The molecule has 0 spiro atoms. The van der Waals surface area contributed by atoms with Crippen LogP contribution in [-0.2, 0) is 5.75 Å². The highest BCUT2D eigenvalue weighted by molar-refractivity contribution is 7.98. The number of rotatable bonds is 4. The van der Waals surface area contributed by atoms with Gasteiger partial charge >= 0.3 is 0 Å². The van der Waals surface area contributed by atoms with Gasteiger partial charge in [0.1, 0.15) is 0 Å². The number of thioether (sulfide) groups is 1. The fourth-order valence-corrected chi connectivity index (χ4v) is 2.08. The van der Waals surface area contributed by atoms with Crippen molar-refractivity contribution in [2.75, 3.05) is 12.4 Å². The summed E-state index contributed by atoms with van der Waals surface area (Å²) >= 11 is 1.77. The largest absolute Gasteiger partial charge is 0.396 e. The summed E-state index contributed by atoms with van der Waals surface area (Å²) in [5, 5.41) is 8.63. The predicted molar refractivity (Wildman–Crippen MR) is 59.2 cm³/mol. The van der Waals surface area contributed by atoms with E-state index < -0.39 is 0 Å². The zero-order chi connectivity index (χ0) is 9.68. The summed E-state index contributed by atoms with van der Waals surface area (Å²) in [6, 6.07) is 6.59. The van der Waals surface area contributed by atoms with E-state index in [-0.39, 0.29) is 6.61 Å². The Balaban J connectivity index is 2.56. The van der Waals surface area contributed by atoms with Crippen molar-refractivity contribution in [3.05, 3.63) is 34.9 Å². The third kappa shape index (κ3) is 3.83. The minimum Gasteiger partial charge on any atom is -0.396 e. The van der Waals surface area contributed by atoms with Gasteiger partial charge in [0.25, 0.3) is 0 Å². The van der Waals surface area contributed by atoms with Crippen LogP contribution in [0.2, 0.25) is 0 Å². The first-order valence-corrected chi connectivity index (χ1v) is 5.63. The van der Waals surface area contributed by atoms with Crippen molar-refractivity contribution in [3.8, 4) is 0 Å². The van der Waals surface area contributed by atoms with Crippen molar-refractivity contribution in [2.45, 2.75) is 19.6 Å². The first-order chi connectivity index (χ1) is 6.22. The molecule has 1 aromatic carbocycles. The first-order valence-electron chi connectivity index (χ1n) is 4.48. The van der Waals surface area contributed by atoms with Crippen LogP contribution < -0.4 is 0 Å². The first kappa shape index (κ1) is 10.6. The molecule has 0 amide bonds. The standard InChI is InChI=1S/C11H16OS/c1-9-5-10(2)7-11(6-9)8-13-4-3-12/h5-7,12H,3-4,8H2,1-2H3. The molecule has 0 aliphatic carbocycles. The predicted octanol–water partition coefficient (Wildman–Crippen LogP) is 2.53. The van der Waals surface area contributed by atoms with Gasteiger partial charge in [-0.05, 0) is 19.4 Å². The fraction of sp³-hybridized carbons (Fsp3) is 0.455. The molecule has 0 bridgehead atoms. The van der Waals surface area contributed by atoms with Gasteiger partial charge in [0.2, 0.25) is 0 Å². The minimum atomic E-state index is 0.273. The maximum atomic E-state index is 8.63. The normalized spacial score (nSPS) is 10.4. The molecule has 0 saturated carbocycles. The van der Waals surface area contributed by atoms with Crippen molar-refractivity contribution in [2.24, 2.45) is 0 Å². The molecular weight excluding hydrogens is 180 g/mol. The molecular formula is C11H16OS. The van der Waals surface area contributed by atoms with Gasteiger partial charge in [-0.2, -0.15) is 11.8 Å². The van der Waals surface area contributed by atoms with Crippen LogP contribution in [-0.4, -0.2) is 17.5 Å². The minimum absolute atomic E-state index is 0.273. The zero-order valence-corrected chi connectivity index (χ0v) is 9.03. The van der Waals surface area contributed by atoms with E-state index in [1.807, 2.05) is 0 Å². The fourth-order valence-electron chi connectivity index (χ4n) is 1.41. The van der Waals surface area contributed by atoms with Crippen LogP contribution in [0, 0.1) is 13.8 Å². The Morgan fingerprint density at radius 2 is 1.77 bits per heavy atom. The van der Waals surface area contributed by atoms with Gasteiger partial charge in [0, 0.05) is 11.5 Å². The van der Waals surface area contributed by atoms with Crippen molar-refractivity contribution >= 4 is 11.8 Å². The number of benzene rings is 1. The summed E-state index contributed by atoms with van der Waals surface area (Å²) in [6.45, 7) is 4.51. The second-order valence-electron chi connectivity index (χ2n) is 3.27. The van der Waals surface area contributed by atoms with Crippen LogP contribution in [0.3, 0.4) is 0 Å². The summed E-state index contributed by atoms with van der Waals surface area (Å²) in [6.07, 6.45) is 0. The molecule has 0 saturated heterocycles. The van der Waals surface area contributed by atoms with E-state index in [2.05, 4.69) is 32.0 Å². The Kier molecular flexibility index (Phi) is 4.33. The maximum absolute atomic E-state index is 8.63. The molecule has 1 nitrogen and oxygen atoms in total. The molecule has 0 aliphatic heterocycles. The summed E-state index contributed by atoms with van der Waals surface area (Å²) in [4.78, 5) is 0. The van der Waals surface area contributed by atoms with Crippen molar-refractivity contribution in [1.29, 1.82) is 0 Å². The summed E-state index contributed by atoms with van der Waals surface area (Å²) in [5.74, 6) is 1.83. The quantitative estimate of drug-likeness (QED) is 0.747. The topological polar surface area (TPSA) is 20.2 Å². The highest BCUT2D eigenvalue weighted by Gasteiger charge is 1.95. The molecule has 1 rings (SSSR count). The molecule has 0 aromatic heterocycles. The van der Waals surface area contributed by atoms with E-state index in [1.165, 1.54) is 16.7 Å². The molecule has 0 fully saturated rings. The Hall–Kier alpha value is -0.470. The van der Waals surface area contributed by atoms with E-state index in [1.54, 1.807) is 11.8 Å². The number of hydrogen-bond acceptors (Lipinski definition) is 2. The Morgan fingerprint density at radius 1 is 1.15 bits per heavy atom. The highest BCUT2D eigenvalue weighted by Crippen LogP contribution is 2.15. The van der Waals surface area contributed by atoms with Crippen molar-refractivity contribution in [3.63, 3.8) is 0 Å². The van der Waals surface area contributed by atoms with E-state index in [0.717, 1.165) is 11.5 Å². The third-order valence-corrected chi connectivity index (χ3v) is 2.79. The molecule has 2 heteroatoms. The lowest BCUT2D eigenvalue weighted by atomic mass is 10.1. The van der Waals surface area contributed by atoms with Gasteiger partial charge in [-0.15, -0.1) is 0 Å².